The molecule has 0 unspecified atom stereocenters. The van der Waals surface area contributed by atoms with Crippen molar-refractivity contribution in [2.24, 2.45) is 11.3 Å². The number of halogens is 2. The summed E-state index contributed by atoms with van der Waals surface area (Å²) in [6.07, 6.45) is 2.16. The van der Waals surface area contributed by atoms with Crippen molar-refractivity contribution >= 4 is 41.1 Å². The van der Waals surface area contributed by atoms with Crippen molar-refractivity contribution in [1.82, 2.24) is 14.7 Å². The van der Waals surface area contributed by atoms with E-state index in [0.717, 1.165) is 18.4 Å². The lowest BCUT2D eigenvalue weighted by molar-refractivity contribution is -0.142. The summed E-state index contributed by atoms with van der Waals surface area (Å²) in [4.78, 5) is 42.6. The molecule has 3 fully saturated rings. The van der Waals surface area contributed by atoms with E-state index in [1.54, 1.807) is 17.0 Å². The van der Waals surface area contributed by atoms with Crippen LogP contribution in [0.3, 0.4) is 0 Å². The predicted octanol–water partition coefficient (Wildman–Crippen LogP) is 3.94. The van der Waals surface area contributed by atoms with Crippen molar-refractivity contribution in [1.29, 1.82) is 0 Å². The van der Waals surface area contributed by atoms with Gasteiger partial charge in [-0.05, 0) is 43.4 Å². The van der Waals surface area contributed by atoms with E-state index in [1.807, 2.05) is 17.9 Å². The number of nitrogens with zero attached hydrogens (tertiary/aromatic N) is 3. The summed E-state index contributed by atoms with van der Waals surface area (Å²) in [6.45, 7) is 3.99. The molecule has 2 heterocycles. The first kappa shape index (κ1) is 23.2. The summed E-state index contributed by atoms with van der Waals surface area (Å²) in [7, 11) is 1.54. The number of hydrogen-bond donors (Lipinski definition) is 1. The Labute approximate surface area is 198 Å². The Morgan fingerprint density at radius 2 is 1.72 bits per heavy atom. The van der Waals surface area contributed by atoms with Gasteiger partial charge in [-0.15, -0.1) is 0 Å². The predicted molar refractivity (Wildman–Crippen MR) is 122 cm³/mol. The summed E-state index contributed by atoms with van der Waals surface area (Å²) >= 11 is 12.3. The quantitative estimate of drug-likeness (QED) is 0.705. The van der Waals surface area contributed by atoms with Crippen LogP contribution >= 0.6 is 23.2 Å². The zero-order valence-electron chi connectivity index (χ0n) is 18.4. The van der Waals surface area contributed by atoms with Crippen LogP contribution in [-0.2, 0) is 9.59 Å². The third-order valence-electron chi connectivity index (χ3n) is 7.42. The maximum absolute atomic E-state index is 13.3. The second-order valence-corrected chi connectivity index (χ2v) is 10.4. The SMILES string of the molecule is CN(C(=O)O)[C@@H]1CN(C(=O)C2CCN(C(=O)C3(C)CC3)CC2)C[C@@H]1c1ccc(Cl)c(Cl)c1. The third kappa shape index (κ3) is 4.42. The minimum absolute atomic E-state index is 0.0427. The van der Waals surface area contributed by atoms with Gasteiger partial charge in [0, 0.05) is 50.5 Å². The van der Waals surface area contributed by atoms with E-state index in [9.17, 15) is 19.5 Å². The molecule has 2 aliphatic heterocycles. The second kappa shape index (κ2) is 8.75. The van der Waals surface area contributed by atoms with Crippen LogP contribution in [-0.4, -0.2) is 77.0 Å². The number of benzene rings is 1. The van der Waals surface area contributed by atoms with Gasteiger partial charge in [0.25, 0.3) is 0 Å². The van der Waals surface area contributed by atoms with Gasteiger partial charge >= 0.3 is 6.09 Å². The third-order valence-corrected chi connectivity index (χ3v) is 8.16. The van der Waals surface area contributed by atoms with Gasteiger partial charge < -0.3 is 19.8 Å². The number of likely N-dealkylation sites (tertiary alicyclic amines) is 2. The summed E-state index contributed by atoms with van der Waals surface area (Å²) in [6, 6.07) is 4.94. The van der Waals surface area contributed by atoms with Crippen molar-refractivity contribution in [2.45, 2.75) is 44.6 Å². The molecule has 3 amide bonds. The highest BCUT2D eigenvalue weighted by Gasteiger charge is 2.48. The van der Waals surface area contributed by atoms with E-state index in [1.165, 1.54) is 11.9 Å². The Balaban J connectivity index is 1.45. The number of rotatable bonds is 4. The molecular weight excluding hydrogens is 453 g/mol. The van der Waals surface area contributed by atoms with Crippen molar-refractivity contribution in [3.8, 4) is 0 Å². The van der Waals surface area contributed by atoms with Gasteiger partial charge in [0.1, 0.15) is 0 Å². The first-order chi connectivity index (χ1) is 15.1. The molecule has 1 saturated carbocycles. The Morgan fingerprint density at radius 1 is 1.06 bits per heavy atom. The van der Waals surface area contributed by atoms with Crippen molar-refractivity contribution in [3.05, 3.63) is 33.8 Å². The van der Waals surface area contributed by atoms with Crippen LogP contribution in [0.1, 0.15) is 44.1 Å². The highest BCUT2D eigenvalue weighted by molar-refractivity contribution is 6.42. The number of likely N-dealkylation sites (N-methyl/N-ethyl adjacent to an activating group) is 1. The maximum atomic E-state index is 13.3. The van der Waals surface area contributed by atoms with E-state index in [0.29, 0.717) is 49.1 Å². The highest BCUT2D eigenvalue weighted by Crippen LogP contribution is 2.47. The van der Waals surface area contributed by atoms with Crippen LogP contribution < -0.4 is 0 Å². The maximum Gasteiger partial charge on any atom is 0.407 e. The van der Waals surface area contributed by atoms with E-state index in [4.69, 9.17) is 23.2 Å². The van der Waals surface area contributed by atoms with Crippen molar-refractivity contribution in [2.75, 3.05) is 33.2 Å². The van der Waals surface area contributed by atoms with Crippen LogP contribution in [0.15, 0.2) is 18.2 Å². The van der Waals surface area contributed by atoms with Gasteiger partial charge in [-0.25, -0.2) is 4.79 Å². The van der Waals surface area contributed by atoms with E-state index in [2.05, 4.69) is 0 Å². The van der Waals surface area contributed by atoms with E-state index < -0.39 is 6.09 Å². The first-order valence-corrected chi connectivity index (χ1v) is 11.8. The monoisotopic (exact) mass is 481 g/mol. The molecule has 174 valence electrons. The zero-order valence-corrected chi connectivity index (χ0v) is 19.9. The molecule has 0 radical (unpaired) electrons. The summed E-state index contributed by atoms with van der Waals surface area (Å²) < 4.78 is 0. The standard InChI is InChI=1S/C23H29Cl2N3O4/c1-23(7-8-23)21(30)27-9-5-14(6-10-27)20(29)28-12-16(19(13-28)26(2)22(31)32)15-3-4-17(24)18(25)11-15/h3-4,11,14,16,19H,5-10,12-13H2,1-2H3,(H,31,32)/t16-,19-/m1/s1. The summed E-state index contributed by atoms with van der Waals surface area (Å²) in [5, 5.41) is 10.4. The lowest BCUT2D eigenvalue weighted by Crippen LogP contribution is -2.46. The van der Waals surface area contributed by atoms with E-state index >= 15 is 0 Å². The van der Waals surface area contributed by atoms with Crippen molar-refractivity contribution < 1.29 is 19.5 Å². The molecule has 0 aromatic heterocycles. The van der Waals surface area contributed by atoms with Gasteiger partial charge in [-0.2, -0.15) is 0 Å². The molecule has 1 N–H and O–H groups in total. The smallest absolute Gasteiger partial charge is 0.407 e. The molecule has 7 nitrogen and oxygen atoms in total. The van der Waals surface area contributed by atoms with Crippen LogP contribution in [0.4, 0.5) is 4.79 Å². The summed E-state index contributed by atoms with van der Waals surface area (Å²) in [5.74, 6) is -0.0748. The summed E-state index contributed by atoms with van der Waals surface area (Å²) in [5.41, 5.74) is 0.680. The molecule has 9 heteroatoms. The van der Waals surface area contributed by atoms with Crippen LogP contribution in [0, 0.1) is 11.3 Å². The molecule has 1 aromatic rings. The Hall–Kier alpha value is -1.99. The van der Waals surface area contributed by atoms with Gasteiger partial charge in [0.2, 0.25) is 11.8 Å². The van der Waals surface area contributed by atoms with Gasteiger partial charge in [0.15, 0.2) is 0 Å². The molecule has 0 bridgehead atoms. The Bertz CT molecular complexity index is 928. The minimum Gasteiger partial charge on any atom is -0.465 e. The number of carbonyl (C=O) groups is 3. The highest BCUT2D eigenvalue weighted by atomic mass is 35.5. The van der Waals surface area contributed by atoms with Crippen molar-refractivity contribution in [3.63, 3.8) is 0 Å². The molecule has 1 aromatic carbocycles. The molecule has 2 saturated heterocycles. The molecule has 0 spiro atoms. The average Bonchev–Trinajstić information content (AvgIpc) is 3.38. The average molecular weight is 482 g/mol. The molecule has 2 atom stereocenters. The van der Waals surface area contributed by atoms with Crippen LogP contribution in [0.2, 0.25) is 10.0 Å². The number of carboxylic acid groups (broad SMARTS) is 1. The number of hydrogen-bond acceptors (Lipinski definition) is 3. The lowest BCUT2D eigenvalue weighted by atomic mass is 9.93. The largest absolute Gasteiger partial charge is 0.465 e. The number of amides is 3. The fourth-order valence-electron chi connectivity index (χ4n) is 4.94. The molecule has 32 heavy (non-hydrogen) atoms. The topological polar surface area (TPSA) is 81.2 Å². The molecular formula is C23H29Cl2N3O4. The van der Waals surface area contributed by atoms with E-state index in [-0.39, 0.29) is 35.1 Å². The van der Waals surface area contributed by atoms with Crippen LogP contribution in [0.5, 0.6) is 0 Å². The molecule has 3 aliphatic rings. The fourth-order valence-corrected chi connectivity index (χ4v) is 5.25. The van der Waals surface area contributed by atoms with Gasteiger partial charge in [-0.3, -0.25) is 9.59 Å². The first-order valence-electron chi connectivity index (χ1n) is 11.1. The lowest BCUT2D eigenvalue weighted by Gasteiger charge is -2.34. The van der Waals surface area contributed by atoms with Gasteiger partial charge in [0.05, 0.1) is 16.1 Å². The normalized spacial score (nSPS) is 25.0. The molecule has 4 rings (SSSR count). The number of piperidine rings is 1. The van der Waals surface area contributed by atoms with Gasteiger partial charge in [-0.1, -0.05) is 36.2 Å². The van der Waals surface area contributed by atoms with Crippen LogP contribution in [0.25, 0.3) is 0 Å². The number of carbonyl (C=O) groups excluding carboxylic acids is 2. The Kier molecular flexibility index (Phi) is 6.34. The zero-order chi connectivity index (χ0) is 23.2. The second-order valence-electron chi connectivity index (χ2n) is 9.61. The fraction of sp³-hybridized carbons (Fsp3) is 0.609. The molecule has 1 aliphatic carbocycles. The Morgan fingerprint density at radius 3 is 2.28 bits per heavy atom. The minimum atomic E-state index is -1.03.